The maximum Gasteiger partial charge on any atom is 0.148 e. The first-order chi connectivity index (χ1) is 17.6. The highest BCUT2D eigenvalue weighted by Gasteiger charge is 2.34. The molecule has 10 heteroatoms. The molecule has 0 amide bonds. The third-order valence-electron chi connectivity index (χ3n) is 8.49. The van der Waals surface area contributed by atoms with Crippen LogP contribution in [0.4, 0.5) is 5.82 Å². The van der Waals surface area contributed by atoms with Crippen molar-refractivity contribution in [3.8, 4) is 11.1 Å². The lowest BCUT2D eigenvalue weighted by atomic mass is 9.91. The van der Waals surface area contributed by atoms with Crippen molar-refractivity contribution < 1.29 is 5.11 Å². The summed E-state index contributed by atoms with van der Waals surface area (Å²) in [7, 11) is 2.20. The zero-order valence-electron chi connectivity index (χ0n) is 22.8. The molecule has 6 rings (SSSR count). The Kier molecular flexibility index (Phi) is 11.3. The van der Waals surface area contributed by atoms with Gasteiger partial charge in [0.1, 0.15) is 23.5 Å². The van der Waals surface area contributed by atoms with E-state index in [-0.39, 0.29) is 37.2 Å². The monoisotopic (exact) mass is 596 g/mol. The first-order valence-electron chi connectivity index (χ1n) is 13.9. The Hall–Kier alpha value is -1.61. The quantitative estimate of drug-likeness (QED) is 0.335. The second-order valence-corrected chi connectivity index (χ2v) is 11.3. The fourth-order valence-electron chi connectivity index (χ4n) is 5.95. The standard InChI is InChI=1S/C29H40N6O.3ClH/c1-33-15-17-34(18-16-33)19-23-7-9-24(10-8-23)25-20-35(29(36)12-3-2-4-13-29)28-26(25)27(31-21-32-28)30-14-11-22-5-6-22;;;/h7-10,20-22,36H,2-6,11-19H2,1H3,(H,30,31,32);3*1H. The molecule has 0 unspecified atom stereocenters. The summed E-state index contributed by atoms with van der Waals surface area (Å²) >= 11 is 0. The van der Waals surface area contributed by atoms with Crippen LogP contribution in [-0.4, -0.2) is 69.2 Å². The molecular formula is C29H43Cl3N6O. The molecule has 2 N–H and O–H groups in total. The lowest BCUT2D eigenvalue weighted by molar-refractivity contribution is -0.0660. The van der Waals surface area contributed by atoms with Crippen molar-refractivity contribution >= 4 is 54.1 Å². The van der Waals surface area contributed by atoms with Gasteiger partial charge in [-0.1, -0.05) is 43.5 Å². The summed E-state index contributed by atoms with van der Waals surface area (Å²) in [6.45, 7) is 6.44. The average molecular weight is 598 g/mol. The van der Waals surface area contributed by atoms with Crippen LogP contribution in [-0.2, 0) is 12.3 Å². The number of nitrogens with one attached hydrogen (secondary N) is 1. The van der Waals surface area contributed by atoms with Crippen molar-refractivity contribution in [2.75, 3.05) is 45.1 Å². The molecule has 39 heavy (non-hydrogen) atoms. The van der Waals surface area contributed by atoms with Crippen LogP contribution in [0.5, 0.6) is 0 Å². The maximum atomic E-state index is 11.7. The van der Waals surface area contributed by atoms with Gasteiger partial charge in [0.25, 0.3) is 0 Å². The first kappa shape index (κ1) is 31.9. The number of fused-ring (bicyclic) bond motifs is 1. The molecule has 2 aliphatic carbocycles. The summed E-state index contributed by atoms with van der Waals surface area (Å²) in [5.41, 5.74) is 3.55. The summed E-state index contributed by atoms with van der Waals surface area (Å²) in [6, 6.07) is 8.99. The minimum atomic E-state index is -0.879. The molecule has 1 aromatic carbocycles. The molecule has 0 spiro atoms. The maximum absolute atomic E-state index is 11.7. The lowest BCUT2D eigenvalue weighted by Gasteiger charge is -2.33. The van der Waals surface area contributed by atoms with Gasteiger partial charge in [-0.3, -0.25) is 4.90 Å². The van der Waals surface area contributed by atoms with Crippen LogP contribution < -0.4 is 5.32 Å². The molecule has 0 bridgehead atoms. The molecule has 2 aromatic heterocycles. The first-order valence-corrected chi connectivity index (χ1v) is 13.9. The number of halogens is 3. The Morgan fingerprint density at radius 3 is 2.31 bits per heavy atom. The molecule has 7 nitrogen and oxygen atoms in total. The Morgan fingerprint density at radius 1 is 0.949 bits per heavy atom. The molecule has 0 radical (unpaired) electrons. The van der Waals surface area contributed by atoms with Crippen LogP contribution >= 0.6 is 37.2 Å². The molecule has 2 saturated carbocycles. The van der Waals surface area contributed by atoms with E-state index in [0.29, 0.717) is 0 Å². The number of piperazine rings is 1. The van der Waals surface area contributed by atoms with Crippen molar-refractivity contribution in [2.45, 2.75) is 63.6 Å². The SMILES string of the molecule is CN1CCN(Cc2ccc(-c3cn(C4(O)CCCCC4)c4ncnc(NCCC5CC5)c34)cc2)CC1.Cl.Cl.Cl. The Morgan fingerprint density at radius 2 is 1.64 bits per heavy atom. The lowest BCUT2D eigenvalue weighted by Crippen LogP contribution is -2.43. The minimum absolute atomic E-state index is 0. The normalized spacial score (nSPS) is 19.5. The summed E-state index contributed by atoms with van der Waals surface area (Å²) in [6.07, 6.45) is 12.5. The van der Waals surface area contributed by atoms with E-state index in [2.05, 4.69) is 57.6 Å². The number of anilines is 1. The van der Waals surface area contributed by atoms with Gasteiger partial charge < -0.3 is 19.9 Å². The van der Waals surface area contributed by atoms with Crippen molar-refractivity contribution in [2.24, 2.45) is 5.92 Å². The van der Waals surface area contributed by atoms with Gasteiger partial charge in [-0.05, 0) is 56.2 Å². The van der Waals surface area contributed by atoms with E-state index in [1.165, 1.54) is 31.2 Å². The van der Waals surface area contributed by atoms with Gasteiger partial charge in [0.2, 0.25) is 0 Å². The number of hydrogen-bond donors (Lipinski definition) is 2. The van der Waals surface area contributed by atoms with E-state index in [9.17, 15) is 5.11 Å². The second-order valence-electron chi connectivity index (χ2n) is 11.3. The highest BCUT2D eigenvalue weighted by Crippen LogP contribution is 2.41. The number of benzene rings is 1. The van der Waals surface area contributed by atoms with E-state index in [0.717, 1.165) is 98.8 Å². The predicted molar refractivity (Wildman–Crippen MR) is 167 cm³/mol. The molecule has 3 aromatic rings. The number of aliphatic hydroxyl groups is 1. The highest BCUT2D eigenvalue weighted by molar-refractivity contribution is 6.01. The fourth-order valence-corrected chi connectivity index (χ4v) is 5.95. The van der Waals surface area contributed by atoms with Gasteiger partial charge in [0.05, 0.1) is 5.39 Å². The number of hydrogen-bond acceptors (Lipinski definition) is 6. The van der Waals surface area contributed by atoms with Crippen LogP contribution in [0.25, 0.3) is 22.2 Å². The van der Waals surface area contributed by atoms with Crippen molar-refractivity contribution in [3.05, 3.63) is 42.4 Å². The molecule has 1 saturated heterocycles. The van der Waals surface area contributed by atoms with Gasteiger partial charge in [0, 0.05) is 51.0 Å². The molecule has 3 fully saturated rings. The molecule has 1 aliphatic heterocycles. The van der Waals surface area contributed by atoms with Crippen LogP contribution in [0.1, 0.15) is 56.9 Å². The topological polar surface area (TPSA) is 69.5 Å². The Balaban J connectivity index is 0.00000140. The van der Waals surface area contributed by atoms with E-state index in [1.807, 2.05) is 4.57 Å². The number of aromatic nitrogens is 3. The summed E-state index contributed by atoms with van der Waals surface area (Å²) < 4.78 is 2.04. The second kappa shape index (κ2) is 13.8. The molecular weight excluding hydrogens is 555 g/mol. The van der Waals surface area contributed by atoms with E-state index < -0.39 is 5.72 Å². The van der Waals surface area contributed by atoms with Gasteiger partial charge in [0.15, 0.2) is 0 Å². The summed E-state index contributed by atoms with van der Waals surface area (Å²) in [5, 5.41) is 16.3. The van der Waals surface area contributed by atoms with Crippen molar-refractivity contribution in [1.29, 1.82) is 0 Å². The Bertz CT molecular complexity index is 1190. The van der Waals surface area contributed by atoms with E-state index in [4.69, 9.17) is 4.98 Å². The highest BCUT2D eigenvalue weighted by atomic mass is 35.5. The van der Waals surface area contributed by atoms with Crippen LogP contribution in [0, 0.1) is 5.92 Å². The summed E-state index contributed by atoms with van der Waals surface area (Å²) in [4.78, 5) is 14.3. The minimum Gasteiger partial charge on any atom is -0.370 e. The third-order valence-corrected chi connectivity index (χ3v) is 8.49. The zero-order valence-corrected chi connectivity index (χ0v) is 25.3. The molecule has 216 valence electrons. The molecule has 3 heterocycles. The Labute approximate surface area is 251 Å². The van der Waals surface area contributed by atoms with E-state index >= 15 is 0 Å². The number of nitrogens with zero attached hydrogens (tertiary/aromatic N) is 5. The van der Waals surface area contributed by atoms with Crippen LogP contribution in [0.3, 0.4) is 0 Å². The molecule has 3 aliphatic rings. The molecule has 0 atom stereocenters. The van der Waals surface area contributed by atoms with Crippen LogP contribution in [0.15, 0.2) is 36.8 Å². The smallest absolute Gasteiger partial charge is 0.148 e. The predicted octanol–water partition coefficient (Wildman–Crippen LogP) is 5.93. The van der Waals surface area contributed by atoms with E-state index in [1.54, 1.807) is 6.33 Å². The number of rotatable bonds is 8. The number of likely N-dealkylation sites (N-methyl/N-ethyl adjacent to an activating group) is 1. The fraction of sp³-hybridized carbons (Fsp3) is 0.586. The van der Waals surface area contributed by atoms with Gasteiger partial charge in [-0.25, -0.2) is 9.97 Å². The van der Waals surface area contributed by atoms with Gasteiger partial charge in [-0.15, -0.1) is 37.2 Å². The average Bonchev–Trinajstić information content (AvgIpc) is 3.63. The van der Waals surface area contributed by atoms with Gasteiger partial charge in [-0.2, -0.15) is 0 Å². The summed E-state index contributed by atoms with van der Waals surface area (Å²) in [5.74, 6) is 1.75. The largest absolute Gasteiger partial charge is 0.370 e. The van der Waals surface area contributed by atoms with Crippen LogP contribution in [0.2, 0.25) is 0 Å². The zero-order chi connectivity index (χ0) is 24.5. The third kappa shape index (κ3) is 7.19. The van der Waals surface area contributed by atoms with Crippen molar-refractivity contribution in [1.82, 2.24) is 24.3 Å². The van der Waals surface area contributed by atoms with Gasteiger partial charge >= 0.3 is 0 Å². The van der Waals surface area contributed by atoms with Crippen molar-refractivity contribution in [3.63, 3.8) is 0 Å².